The van der Waals surface area contributed by atoms with Gasteiger partial charge in [-0.25, -0.2) is 0 Å². The Kier molecular flexibility index (Phi) is 7.15. The van der Waals surface area contributed by atoms with Gasteiger partial charge in [-0.3, -0.25) is 9.59 Å². The summed E-state index contributed by atoms with van der Waals surface area (Å²) in [6, 6.07) is 14.7. The molecule has 1 aromatic carbocycles. The van der Waals surface area contributed by atoms with E-state index in [9.17, 15) is 9.59 Å². The number of carbonyl (C=O) groups is 2. The maximum absolute atomic E-state index is 13.3. The molecule has 158 valence electrons. The van der Waals surface area contributed by atoms with Gasteiger partial charge in [-0.2, -0.15) is 0 Å². The predicted octanol–water partition coefficient (Wildman–Crippen LogP) is 4.46. The maximum atomic E-state index is 13.3. The Morgan fingerprint density at radius 1 is 1.10 bits per heavy atom. The molecule has 0 aliphatic carbocycles. The normalized spacial score (nSPS) is 11.0. The zero-order chi connectivity index (χ0) is 21.7. The first kappa shape index (κ1) is 21.9. The van der Waals surface area contributed by atoms with E-state index in [1.807, 2.05) is 62.0 Å². The van der Waals surface area contributed by atoms with Gasteiger partial charge in [0.05, 0.1) is 19.4 Å². The van der Waals surface area contributed by atoms with Crippen molar-refractivity contribution in [2.75, 3.05) is 6.54 Å². The number of nitrogens with zero attached hydrogens (tertiary/aromatic N) is 3. The summed E-state index contributed by atoms with van der Waals surface area (Å²) >= 11 is 3.41. The third-order valence-corrected chi connectivity index (χ3v) is 5.44. The number of benzene rings is 1. The number of amides is 2. The second-order valence-corrected chi connectivity index (χ2v) is 8.39. The van der Waals surface area contributed by atoms with Gasteiger partial charge in [0.25, 0.3) is 5.91 Å². The van der Waals surface area contributed by atoms with E-state index in [0.29, 0.717) is 24.4 Å². The first-order valence-corrected chi connectivity index (χ1v) is 10.6. The van der Waals surface area contributed by atoms with E-state index in [1.165, 1.54) is 0 Å². The van der Waals surface area contributed by atoms with Crippen molar-refractivity contribution >= 4 is 27.7 Å². The molecular formula is C23H26BrN3O3. The van der Waals surface area contributed by atoms with Crippen molar-refractivity contribution in [1.29, 1.82) is 0 Å². The Balaban J connectivity index is 1.80. The van der Waals surface area contributed by atoms with E-state index < -0.39 is 0 Å². The minimum absolute atomic E-state index is 0.00581. The van der Waals surface area contributed by atoms with Crippen LogP contribution in [0.4, 0.5) is 0 Å². The van der Waals surface area contributed by atoms with Crippen LogP contribution in [0.15, 0.2) is 69.9 Å². The van der Waals surface area contributed by atoms with E-state index in [-0.39, 0.29) is 24.4 Å². The molecule has 0 unspecified atom stereocenters. The van der Waals surface area contributed by atoms with Crippen LogP contribution in [0.2, 0.25) is 0 Å². The van der Waals surface area contributed by atoms with Crippen molar-refractivity contribution in [1.82, 2.24) is 14.4 Å². The van der Waals surface area contributed by atoms with E-state index in [0.717, 1.165) is 10.2 Å². The molecule has 0 saturated carbocycles. The van der Waals surface area contributed by atoms with E-state index in [4.69, 9.17) is 4.42 Å². The van der Waals surface area contributed by atoms with Crippen LogP contribution in [0, 0.1) is 0 Å². The molecule has 0 fully saturated rings. The number of hydrogen-bond acceptors (Lipinski definition) is 3. The molecule has 7 heteroatoms. The molecular weight excluding hydrogens is 446 g/mol. The molecule has 6 nitrogen and oxygen atoms in total. The zero-order valence-electron chi connectivity index (χ0n) is 17.4. The minimum atomic E-state index is -0.170. The molecule has 2 aromatic heterocycles. The molecule has 0 atom stereocenters. The molecule has 0 radical (unpaired) electrons. The standard InChI is InChI=1S/C23H26BrN3O3/c1-17(2)27(23(29)18-7-4-8-19(24)13-18)16-22(28)26(15-21-10-6-12-30-21)14-20-9-5-11-25(20)3/h4-13,17H,14-16H2,1-3H3. The summed E-state index contributed by atoms with van der Waals surface area (Å²) in [4.78, 5) is 29.7. The fraction of sp³-hybridized carbons (Fsp3) is 0.304. The lowest BCUT2D eigenvalue weighted by atomic mass is 10.1. The molecule has 0 aliphatic heterocycles. The highest BCUT2D eigenvalue weighted by atomic mass is 79.9. The lowest BCUT2D eigenvalue weighted by Gasteiger charge is -2.30. The van der Waals surface area contributed by atoms with Gasteiger partial charge >= 0.3 is 0 Å². The number of carbonyl (C=O) groups excluding carboxylic acids is 2. The van der Waals surface area contributed by atoms with Crippen LogP contribution in [-0.4, -0.2) is 38.8 Å². The summed E-state index contributed by atoms with van der Waals surface area (Å²) in [6.07, 6.45) is 3.54. The number of furan rings is 1. The maximum Gasteiger partial charge on any atom is 0.254 e. The lowest BCUT2D eigenvalue weighted by Crippen LogP contribution is -2.45. The zero-order valence-corrected chi connectivity index (χ0v) is 19.0. The van der Waals surface area contributed by atoms with Gasteiger partial charge in [0.2, 0.25) is 5.91 Å². The van der Waals surface area contributed by atoms with Crippen molar-refractivity contribution < 1.29 is 14.0 Å². The second-order valence-electron chi connectivity index (χ2n) is 7.48. The number of halogens is 1. The van der Waals surface area contributed by atoms with Crippen molar-refractivity contribution in [3.8, 4) is 0 Å². The van der Waals surface area contributed by atoms with Crippen molar-refractivity contribution in [3.63, 3.8) is 0 Å². The highest BCUT2D eigenvalue weighted by Gasteiger charge is 2.25. The summed E-state index contributed by atoms with van der Waals surface area (Å²) in [5.41, 5.74) is 1.55. The van der Waals surface area contributed by atoms with Gasteiger partial charge < -0.3 is 18.8 Å². The first-order chi connectivity index (χ1) is 14.3. The molecule has 3 rings (SSSR count). The van der Waals surface area contributed by atoms with E-state index in [1.54, 1.807) is 34.3 Å². The fourth-order valence-corrected chi connectivity index (χ4v) is 3.60. The van der Waals surface area contributed by atoms with E-state index in [2.05, 4.69) is 15.9 Å². The largest absolute Gasteiger partial charge is 0.467 e. The molecule has 2 heterocycles. The van der Waals surface area contributed by atoms with Crippen molar-refractivity contribution in [3.05, 3.63) is 82.5 Å². The molecule has 0 aliphatic rings. The number of hydrogen-bond donors (Lipinski definition) is 0. The minimum Gasteiger partial charge on any atom is -0.467 e. The Morgan fingerprint density at radius 2 is 1.90 bits per heavy atom. The summed E-state index contributed by atoms with van der Waals surface area (Å²) in [5.74, 6) is 0.396. The topological polar surface area (TPSA) is 58.7 Å². The second kappa shape index (κ2) is 9.80. The average Bonchev–Trinajstić information content (AvgIpc) is 3.36. The van der Waals surface area contributed by atoms with Gasteiger partial charge in [0, 0.05) is 35.0 Å². The number of aryl methyl sites for hydroxylation is 1. The van der Waals surface area contributed by atoms with Crippen LogP contribution in [0.25, 0.3) is 0 Å². The summed E-state index contributed by atoms with van der Waals surface area (Å²) in [5, 5.41) is 0. The van der Waals surface area contributed by atoms with Crippen LogP contribution >= 0.6 is 15.9 Å². The quantitative estimate of drug-likeness (QED) is 0.487. The lowest BCUT2D eigenvalue weighted by molar-refractivity contribution is -0.133. The highest BCUT2D eigenvalue weighted by Crippen LogP contribution is 2.17. The van der Waals surface area contributed by atoms with E-state index >= 15 is 0 Å². The third kappa shape index (κ3) is 5.42. The molecule has 3 aromatic rings. The third-order valence-electron chi connectivity index (χ3n) is 4.95. The number of rotatable bonds is 8. The Morgan fingerprint density at radius 3 is 2.50 bits per heavy atom. The average molecular weight is 472 g/mol. The molecule has 2 amide bonds. The highest BCUT2D eigenvalue weighted by molar-refractivity contribution is 9.10. The van der Waals surface area contributed by atoms with Gasteiger partial charge in [0.15, 0.2) is 0 Å². The number of aromatic nitrogens is 1. The summed E-state index contributed by atoms with van der Waals surface area (Å²) in [7, 11) is 1.95. The van der Waals surface area contributed by atoms with Crippen LogP contribution in [0.1, 0.15) is 35.7 Å². The monoisotopic (exact) mass is 471 g/mol. The molecule has 0 N–H and O–H groups in total. The van der Waals surface area contributed by atoms with Gasteiger partial charge in [-0.05, 0) is 56.3 Å². The molecule has 0 spiro atoms. The van der Waals surface area contributed by atoms with Crippen LogP contribution in [0.3, 0.4) is 0 Å². The van der Waals surface area contributed by atoms with Gasteiger partial charge in [-0.1, -0.05) is 22.0 Å². The molecule has 30 heavy (non-hydrogen) atoms. The molecule has 0 bridgehead atoms. The van der Waals surface area contributed by atoms with Crippen LogP contribution < -0.4 is 0 Å². The predicted molar refractivity (Wildman–Crippen MR) is 119 cm³/mol. The summed E-state index contributed by atoms with van der Waals surface area (Å²) < 4.78 is 8.27. The van der Waals surface area contributed by atoms with Gasteiger partial charge in [0.1, 0.15) is 12.3 Å². The fourth-order valence-electron chi connectivity index (χ4n) is 3.20. The smallest absolute Gasteiger partial charge is 0.254 e. The molecule has 0 saturated heterocycles. The van der Waals surface area contributed by atoms with Crippen LogP contribution in [0.5, 0.6) is 0 Å². The first-order valence-electron chi connectivity index (χ1n) is 9.82. The Labute approximate surface area is 185 Å². The SMILES string of the molecule is CC(C)N(CC(=O)N(Cc1ccco1)Cc1cccn1C)C(=O)c1cccc(Br)c1. The van der Waals surface area contributed by atoms with Crippen LogP contribution in [-0.2, 0) is 24.9 Å². The Bertz CT molecular complexity index is 995. The van der Waals surface area contributed by atoms with Crippen molar-refractivity contribution in [2.45, 2.75) is 33.0 Å². The Hall–Kier alpha value is -2.80. The van der Waals surface area contributed by atoms with Crippen molar-refractivity contribution in [2.24, 2.45) is 7.05 Å². The van der Waals surface area contributed by atoms with Gasteiger partial charge in [-0.15, -0.1) is 0 Å². The summed E-state index contributed by atoms with van der Waals surface area (Å²) in [6.45, 7) is 4.59.